The van der Waals surface area contributed by atoms with E-state index in [0.29, 0.717) is 6.61 Å². The maximum Gasteiger partial charge on any atom is 0.119 e. The predicted octanol–water partition coefficient (Wildman–Crippen LogP) is 4.35. The minimum atomic E-state index is 0.682. The van der Waals surface area contributed by atoms with Crippen molar-refractivity contribution < 1.29 is 4.74 Å². The molecule has 2 nitrogen and oxygen atoms in total. The van der Waals surface area contributed by atoms with Crippen molar-refractivity contribution in [2.75, 3.05) is 11.9 Å². The van der Waals surface area contributed by atoms with Crippen LogP contribution in [-0.4, -0.2) is 6.61 Å². The van der Waals surface area contributed by atoms with Crippen LogP contribution in [0.2, 0.25) is 5.02 Å². The third-order valence-electron chi connectivity index (χ3n) is 2.57. The van der Waals surface area contributed by atoms with Crippen LogP contribution in [0.1, 0.15) is 12.5 Å². The smallest absolute Gasteiger partial charge is 0.119 e. The van der Waals surface area contributed by atoms with Crippen molar-refractivity contribution in [3.8, 4) is 5.75 Å². The number of benzene rings is 2. The molecule has 0 atom stereocenters. The number of rotatable bonds is 5. The molecule has 0 amide bonds. The van der Waals surface area contributed by atoms with Crippen LogP contribution >= 0.6 is 11.6 Å². The number of ether oxygens (including phenoxy) is 1. The number of anilines is 1. The number of hydrogen-bond donors (Lipinski definition) is 1. The molecule has 2 rings (SSSR count). The van der Waals surface area contributed by atoms with Crippen molar-refractivity contribution in [1.82, 2.24) is 0 Å². The van der Waals surface area contributed by atoms with E-state index in [-0.39, 0.29) is 0 Å². The van der Waals surface area contributed by atoms with Gasteiger partial charge in [-0.1, -0.05) is 35.9 Å². The monoisotopic (exact) mass is 261 g/mol. The highest BCUT2D eigenvalue weighted by Gasteiger charge is 1.99. The number of halogens is 1. The van der Waals surface area contributed by atoms with Crippen LogP contribution in [0.25, 0.3) is 0 Å². The Hall–Kier alpha value is -1.67. The second-order valence-corrected chi connectivity index (χ2v) is 4.32. The normalized spacial score (nSPS) is 10.1. The first-order chi connectivity index (χ1) is 8.79. The molecule has 0 fully saturated rings. The molecule has 0 bridgehead atoms. The van der Waals surface area contributed by atoms with Gasteiger partial charge in [-0.05, 0) is 36.8 Å². The average molecular weight is 262 g/mol. The molecule has 0 unspecified atom stereocenters. The summed E-state index contributed by atoms with van der Waals surface area (Å²) in [6, 6.07) is 15.8. The Labute approximate surface area is 113 Å². The van der Waals surface area contributed by atoms with Gasteiger partial charge in [0.2, 0.25) is 0 Å². The molecular weight excluding hydrogens is 246 g/mol. The summed E-state index contributed by atoms with van der Waals surface area (Å²) < 4.78 is 5.47. The molecule has 2 aromatic rings. The molecule has 0 aliphatic rings. The van der Waals surface area contributed by atoms with Gasteiger partial charge in [-0.2, -0.15) is 0 Å². The van der Waals surface area contributed by atoms with E-state index >= 15 is 0 Å². The van der Waals surface area contributed by atoms with Gasteiger partial charge in [0.05, 0.1) is 17.3 Å². The quantitative estimate of drug-likeness (QED) is 0.864. The predicted molar refractivity (Wildman–Crippen MR) is 76.4 cm³/mol. The SMILES string of the molecule is CCOc1cccc(CNc2ccccc2Cl)c1. The van der Waals surface area contributed by atoms with Gasteiger partial charge in [0.1, 0.15) is 5.75 Å². The summed E-state index contributed by atoms with van der Waals surface area (Å²) in [4.78, 5) is 0. The fraction of sp³-hybridized carbons (Fsp3) is 0.200. The molecule has 3 heteroatoms. The zero-order valence-electron chi connectivity index (χ0n) is 10.3. The summed E-state index contributed by atoms with van der Waals surface area (Å²) in [6.07, 6.45) is 0. The number of hydrogen-bond acceptors (Lipinski definition) is 2. The van der Waals surface area contributed by atoms with Crippen LogP contribution in [0.15, 0.2) is 48.5 Å². The van der Waals surface area contributed by atoms with Gasteiger partial charge in [0.15, 0.2) is 0 Å². The van der Waals surface area contributed by atoms with Gasteiger partial charge in [0, 0.05) is 6.54 Å². The van der Waals surface area contributed by atoms with Crippen molar-refractivity contribution in [3.63, 3.8) is 0 Å². The Morgan fingerprint density at radius 3 is 2.72 bits per heavy atom. The maximum atomic E-state index is 6.08. The molecule has 0 aliphatic carbocycles. The van der Waals surface area contributed by atoms with E-state index in [2.05, 4.69) is 11.4 Å². The fourth-order valence-electron chi connectivity index (χ4n) is 1.71. The maximum absolute atomic E-state index is 6.08. The largest absolute Gasteiger partial charge is 0.494 e. The molecular formula is C15H16ClNO. The minimum Gasteiger partial charge on any atom is -0.494 e. The highest BCUT2D eigenvalue weighted by molar-refractivity contribution is 6.33. The zero-order valence-corrected chi connectivity index (χ0v) is 11.1. The lowest BCUT2D eigenvalue weighted by Crippen LogP contribution is -2.00. The molecule has 0 saturated carbocycles. The average Bonchev–Trinajstić information content (AvgIpc) is 2.39. The molecule has 18 heavy (non-hydrogen) atoms. The second kappa shape index (κ2) is 6.31. The summed E-state index contributed by atoms with van der Waals surface area (Å²) in [5.74, 6) is 0.899. The minimum absolute atomic E-state index is 0.682. The molecule has 0 spiro atoms. The third-order valence-corrected chi connectivity index (χ3v) is 2.90. The van der Waals surface area contributed by atoms with E-state index in [1.807, 2.05) is 49.4 Å². The van der Waals surface area contributed by atoms with Crippen molar-refractivity contribution >= 4 is 17.3 Å². The molecule has 0 aromatic heterocycles. The molecule has 94 valence electrons. The summed E-state index contributed by atoms with van der Waals surface area (Å²) in [5, 5.41) is 4.05. The van der Waals surface area contributed by atoms with Gasteiger partial charge in [-0.3, -0.25) is 0 Å². The first-order valence-corrected chi connectivity index (χ1v) is 6.37. The van der Waals surface area contributed by atoms with E-state index in [1.54, 1.807) is 0 Å². The second-order valence-electron chi connectivity index (χ2n) is 3.91. The Bertz CT molecular complexity index is 513. The fourth-order valence-corrected chi connectivity index (χ4v) is 1.92. The van der Waals surface area contributed by atoms with Crippen molar-refractivity contribution in [2.24, 2.45) is 0 Å². The molecule has 0 radical (unpaired) electrons. The van der Waals surface area contributed by atoms with Crippen LogP contribution < -0.4 is 10.1 Å². The van der Waals surface area contributed by atoms with E-state index in [0.717, 1.165) is 23.0 Å². The number of para-hydroxylation sites is 1. The Kier molecular flexibility index (Phi) is 4.48. The van der Waals surface area contributed by atoms with Crippen LogP contribution in [0.5, 0.6) is 5.75 Å². The van der Waals surface area contributed by atoms with Crippen LogP contribution in [-0.2, 0) is 6.54 Å². The van der Waals surface area contributed by atoms with Crippen molar-refractivity contribution in [3.05, 3.63) is 59.1 Å². The lowest BCUT2D eigenvalue weighted by Gasteiger charge is -2.09. The highest BCUT2D eigenvalue weighted by Crippen LogP contribution is 2.21. The van der Waals surface area contributed by atoms with Crippen LogP contribution in [0.4, 0.5) is 5.69 Å². The van der Waals surface area contributed by atoms with E-state index < -0.39 is 0 Å². The van der Waals surface area contributed by atoms with E-state index in [4.69, 9.17) is 16.3 Å². The molecule has 0 heterocycles. The van der Waals surface area contributed by atoms with Gasteiger partial charge >= 0.3 is 0 Å². The summed E-state index contributed by atoms with van der Waals surface area (Å²) in [5.41, 5.74) is 2.11. The van der Waals surface area contributed by atoms with Crippen molar-refractivity contribution in [2.45, 2.75) is 13.5 Å². The summed E-state index contributed by atoms with van der Waals surface area (Å²) in [7, 11) is 0. The zero-order chi connectivity index (χ0) is 12.8. The molecule has 0 saturated heterocycles. The van der Waals surface area contributed by atoms with E-state index in [9.17, 15) is 0 Å². The molecule has 1 N–H and O–H groups in total. The lowest BCUT2D eigenvalue weighted by atomic mass is 10.2. The Morgan fingerprint density at radius 2 is 1.94 bits per heavy atom. The van der Waals surface area contributed by atoms with E-state index in [1.165, 1.54) is 5.56 Å². The Balaban J connectivity index is 2.02. The molecule has 0 aliphatic heterocycles. The van der Waals surface area contributed by atoms with Crippen molar-refractivity contribution in [1.29, 1.82) is 0 Å². The Morgan fingerprint density at radius 1 is 1.11 bits per heavy atom. The summed E-state index contributed by atoms with van der Waals surface area (Å²) >= 11 is 6.08. The van der Waals surface area contributed by atoms with Gasteiger partial charge in [-0.25, -0.2) is 0 Å². The first kappa shape index (κ1) is 12.8. The van der Waals surface area contributed by atoms with Crippen LogP contribution in [0, 0.1) is 0 Å². The standard InChI is InChI=1S/C15H16ClNO/c1-2-18-13-7-5-6-12(10-13)11-17-15-9-4-3-8-14(15)16/h3-10,17H,2,11H2,1H3. The molecule has 2 aromatic carbocycles. The third kappa shape index (κ3) is 3.41. The lowest BCUT2D eigenvalue weighted by molar-refractivity contribution is 0.340. The number of nitrogens with one attached hydrogen (secondary N) is 1. The van der Waals surface area contributed by atoms with Gasteiger partial charge in [0.25, 0.3) is 0 Å². The topological polar surface area (TPSA) is 21.3 Å². The summed E-state index contributed by atoms with van der Waals surface area (Å²) in [6.45, 7) is 3.39. The first-order valence-electron chi connectivity index (χ1n) is 5.99. The van der Waals surface area contributed by atoms with Crippen LogP contribution in [0.3, 0.4) is 0 Å². The highest BCUT2D eigenvalue weighted by atomic mass is 35.5. The van der Waals surface area contributed by atoms with Gasteiger partial charge < -0.3 is 10.1 Å². The van der Waals surface area contributed by atoms with Gasteiger partial charge in [-0.15, -0.1) is 0 Å².